The number of hydrogen-bond acceptors (Lipinski definition) is 12. The van der Waals surface area contributed by atoms with E-state index < -0.39 is 0 Å². The molecule has 0 fully saturated rings. The summed E-state index contributed by atoms with van der Waals surface area (Å²) < 4.78 is 20.7. The number of aryl methyl sites for hydroxylation is 8. The van der Waals surface area contributed by atoms with Crippen LogP contribution in [-0.2, 0) is 80.4 Å². The molecule has 12 aromatic carbocycles. The van der Waals surface area contributed by atoms with E-state index in [2.05, 4.69) is 218 Å². The molecule has 0 saturated carbocycles. The van der Waals surface area contributed by atoms with Crippen LogP contribution in [0.2, 0.25) is 0 Å². The fourth-order valence-electron chi connectivity index (χ4n) is 14.9. The van der Waals surface area contributed by atoms with Crippen molar-refractivity contribution < 1.29 is 93.7 Å². The second kappa shape index (κ2) is 48.3. The van der Waals surface area contributed by atoms with Crippen LogP contribution in [0.4, 0.5) is 0 Å². The molecule has 136 heavy (non-hydrogen) atoms. The van der Waals surface area contributed by atoms with Crippen LogP contribution in [0.1, 0.15) is 44.5 Å². The van der Waals surface area contributed by atoms with E-state index in [1.54, 1.807) is 0 Å². The molecule has 0 aliphatic heterocycles. The first-order valence-electron chi connectivity index (χ1n) is 43.3. The topological polar surface area (TPSA) is 143 Å². The van der Waals surface area contributed by atoms with Crippen LogP contribution in [0.25, 0.3) is 176 Å². The second-order valence-electron chi connectivity index (χ2n) is 31.6. The summed E-state index contributed by atoms with van der Waals surface area (Å²) >= 11 is 1.81. The molecule has 16 heteroatoms. The van der Waals surface area contributed by atoms with Crippen LogP contribution >= 0.6 is 11.3 Å². The van der Waals surface area contributed by atoms with Crippen LogP contribution in [0.15, 0.2) is 403 Å². The monoisotopic (exact) mass is 2490 g/mol. The number of thiophene rings is 1. The van der Waals surface area contributed by atoms with Gasteiger partial charge >= 0.3 is 0 Å². The SMILES string of the molecule is Cc1ccc(-c2[c-]ccc3c2oc2ccccc23)nc1.Cc1ccc(-c2[c-]cccc2)nc1.Cc1ccc(-c2[c-]cccc2)nc1.Cc1ccc(-c2[c-]cccc2)nc1.Cc1ccc(-c2[c-]cccc2)nc1.Cc1ccnc(-c2[c-]ccc3c2oc2c(C)cccc23)c1.Cc1ccnc(-c2[c-]ccc3c2oc2ccccc23)c1.[Ir].[Ir].[Ir].[Ir].[c-]1ccc2c(sc3ccccc32)c1-c1ccccn1. The normalized spacial score (nSPS) is 10.4. The molecule has 0 aliphatic carbocycles. The minimum Gasteiger partial charge on any atom is -0.501 e. The molecule has 24 rings (SSSR count). The van der Waals surface area contributed by atoms with Gasteiger partial charge < -0.3 is 53.1 Å². The van der Waals surface area contributed by atoms with E-state index >= 15 is 0 Å². The van der Waals surface area contributed by atoms with Crippen LogP contribution < -0.4 is 0 Å². The van der Waals surface area contributed by atoms with Crippen molar-refractivity contribution in [3.63, 3.8) is 0 Å². The van der Waals surface area contributed by atoms with E-state index in [-0.39, 0.29) is 80.4 Å². The summed E-state index contributed by atoms with van der Waals surface area (Å²) in [5, 5.41) is 9.34. The Bertz CT molecular complexity index is 7630. The molecule has 0 amide bonds. The van der Waals surface area contributed by atoms with Gasteiger partial charge in [-0.05, 0) is 181 Å². The maximum Gasteiger partial charge on any atom is 0.123 e. The average molecular weight is 2490 g/mol. The summed E-state index contributed by atoms with van der Waals surface area (Å²) in [5.41, 5.74) is 30.3. The second-order valence-corrected chi connectivity index (χ2v) is 32.6. The Kier molecular flexibility index (Phi) is 35.4. The van der Waals surface area contributed by atoms with Crippen LogP contribution in [0, 0.1) is 104 Å². The molecule has 4 radical (unpaired) electrons. The van der Waals surface area contributed by atoms with E-state index in [0.29, 0.717) is 0 Å². The Morgan fingerprint density at radius 3 is 0.934 bits per heavy atom. The molecule has 0 saturated heterocycles. The Balaban J connectivity index is 0.000000132. The Labute approximate surface area is 850 Å². The summed E-state index contributed by atoms with van der Waals surface area (Å²) in [5.74, 6) is 0. The van der Waals surface area contributed by atoms with Crippen molar-refractivity contribution in [1.29, 1.82) is 0 Å². The number of hydrogen-bond donors (Lipinski definition) is 0. The molecular weight excluding hydrogens is 2400 g/mol. The van der Waals surface area contributed by atoms with Gasteiger partial charge in [-0.15, -0.1) is 222 Å². The fraction of sp³-hybridized carbons (Fsp3) is 0.0667. The predicted molar refractivity (Wildman–Crippen MR) is 541 cm³/mol. The number of nitrogens with zero attached hydrogens (tertiary/aromatic N) is 8. The van der Waals surface area contributed by atoms with Crippen molar-refractivity contribution >= 4 is 97.3 Å². The number of rotatable bonds is 8. The minimum absolute atomic E-state index is 0. The standard InChI is InChI=1S/C19H14NO.2C18H12NO.C17H10NS.4C12H10N.4Ir/c1-12-9-10-20-17(11-12)16-8-4-7-15-14-6-3-5-13(2)18(14)21-19(15)16;1-12-9-10-19-16(11-12)15-7-4-6-14-13-5-2-3-8-17(13)20-18(14)15;1-12-9-10-16(19-11-12)15-7-4-6-14-13-5-2-3-8-17(13)20-18(14)15;1-2-10-16-12(6-1)13-7-5-8-14(17(13)19-16)15-9-3-4-11-18-15;4*1-10-7-8-12(13-9-10)11-5-3-2-4-6-11;;;;/h3-7,9-11H,1-2H3;2*2-6,8-11H,1H3;1-7,9-11H;4*2-5,7-9H,1H3;;;;/q8*-1;;;;. The van der Waals surface area contributed by atoms with Crippen LogP contribution in [0.3, 0.4) is 0 Å². The summed E-state index contributed by atoms with van der Waals surface area (Å²) in [6.45, 7) is 16.4. The first-order valence-corrected chi connectivity index (χ1v) is 44.2. The zero-order chi connectivity index (χ0) is 90.5. The van der Waals surface area contributed by atoms with Crippen molar-refractivity contribution in [2.75, 3.05) is 0 Å². The smallest absolute Gasteiger partial charge is 0.123 e. The number of benzene rings is 12. The van der Waals surface area contributed by atoms with Crippen molar-refractivity contribution in [1.82, 2.24) is 39.9 Å². The van der Waals surface area contributed by atoms with Crippen LogP contribution in [0.5, 0.6) is 0 Å². The number of furan rings is 3. The van der Waals surface area contributed by atoms with Crippen molar-refractivity contribution in [3.05, 3.63) is 482 Å². The number of aromatic nitrogens is 8. The van der Waals surface area contributed by atoms with Gasteiger partial charge in [0.1, 0.15) is 16.7 Å². The quantitative estimate of drug-likeness (QED) is 0.134. The molecule has 24 aromatic rings. The van der Waals surface area contributed by atoms with Crippen molar-refractivity contribution in [3.8, 4) is 90.1 Å². The van der Waals surface area contributed by atoms with Gasteiger partial charge in [0.25, 0.3) is 0 Å². The third-order valence-corrected chi connectivity index (χ3v) is 22.9. The third-order valence-electron chi connectivity index (χ3n) is 21.7. The van der Waals surface area contributed by atoms with Gasteiger partial charge in [0, 0.05) is 151 Å². The molecular formula is C120H88Ir4N8O3S-8. The molecule has 0 aliphatic rings. The third kappa shape index (κ3) is 24.6. The van der Waals surface area contributed by atoms with Crippen molar-refractivity contribution in [2.24, 2.45) is 0 Å². The molecule has 12 aromatic heterocycles. The van der Waals surface area contributed by atoms with Gasteiger partial charge in [0.2, 0.25) is 0 Å². The van der Waals surface area contributed by atoms with E-state index in [1.807, 2.05) is 326 Å². The molecule has 0 unspecified atom stereocenters. The number of para-hydroxylation sites is 3. The van der Waals surface area contributed by atoms with Crippen molar-refractivity contribution in [2.45, 2.75) is 55.4 Å². The summed E-state index contributed by atoms with van der Waals surface area (Å²) in [7, 11) is 0. The van der Waals surface area contributed by atoms with E-state index in [4.69, 9.17) is 13.3 Å². The summed E-state index contributed by atoms with van der Waals surface area (Å²) in [6, 6.07) is 139. The maximum atomic E-state index is 6.14. The molecule has 0 spiro atoms. The number of pyridine rings is 8. The zero-order valence-corrected chi connectivity index (χ0v) is 85.9. The number of fused-ring (bicyclic) bond motifs is 12. The Morgan fingerprint density at radius 2 is 0.544 bits per heavy atom. The first-order chi connectivity index (χ1) is 64.8. The van der Waals surface area contributed by atoms with Gasteiger partial charge in [0.05, 0.1) is 16.7 Å². The van der Waals surface area contributed by atoms with Gasteiger partial charge in [-0.25, -0.2) is 0 Å². The molecule has 12 heterocycles. The Morgan fingerprint density at radius 1 is 0.213 bits per heavy atom. The van der Waals surface area contributed by atoms with E-state index in [1.165, 1.54) is 53.6 Å². The largest absolute Gasteiger partial charge is 0.501 e. The summed E-state index contributed by atoms with van der Waals surface area (Å²) in [4.78, 5) is 35.1. The molecule has 0 N–H and O–H groups in total. The molecule has 0 atom stereocenters. The van der Waals surface area contributed by atoms with Crippen LogP contribution in [-0.4, -0.2) is 39.9 Å². The average Bonchev–Trinajstić information content (AvgIpc) is 1.64. The summed E-state index contributed by atoms with van der Waals surface area (Å²) in [6.07, 6.45) is 14.8. The molecule has 676 valence electrons. The zero-order valence-electron chi connectivity index (χ0n) is 75.5. The Hall–Kier alpha value is -13.9. The maximum absolute atomic E-state index is 6.14. The minimum atomic E-state index is 0. The first kappa shape index (κ1) is 99.5. The van der Waals surface area contributed by atoms with Gasteiger partial charge in [-0.2, -0.15) is 11.3 Å². The van der Waals surface area contributed by atoms with Gasteiger partial charge in [-0.1, -0.05) is 207 Å². The molecule has 11 nitrogen and oxygen atoms in total. The van der Waals surface area contributed by atoms with Gasteiger partial charge in [-0.3, -0.25) is 0 Å². The van der Waals surface area contributed by atoms with E-state index in [0.717, 1.165) is 167 Å². The fourth-order valence-corrected chi connectivity index (χ4v) is 16.1. The predicted octanol–water partition coefficient (Wildman–Crippen LogP) is 30.9. The van der Waals surface area contributed by atoms with E-state index in [9.17, 15) is 0 Å². The molecule has 0 bridgehead atoms. The van der Waals surface area contributed by atoms with Gasteiger partial charge in [0.15, 0.2) is 0 Å².